The van der Waals surface area contributed by atoms with E-state index in [4.69, 9.17) is 22.5 Å². The van der Waals surface area contributed by atoms with Crippen LogP contribution in [0.15, 0.2) is 29.9 Å². The molecule has 16 heavy (non-hydrogen) atoms. The van der Waals surface area contributed by atoms with Gasteiger partial charge >= 0.3 is 0 Å². The lowest BCUT2D eigenvalue weighted by Gasteiger charge is -2.00. The van der Waals surface area contributed by atoms with Gasteiger partial charge in [-0.05, 0) is 0 Å². The third-order valence-corrected chi connectivity index (χ3v) is 1.99. The van der Waals surface area contributed by atoms with Crippen molar-refractivity contribution >= 4 is 17.4 Å². The topological polar surface area (TPSA) is 102 Å². The van der Waals surface area contributed by atoms with Crippen molar-refractivity contribution in [1.29, 1.82) is 0 Å². The molecule has 0 radical (unpaired) electrons. The molecule has 0 amide bonds. The molecule has 0 aromatic carbocycles. The van der Waals surface area contributed by atoms with Crippen LogP contribution in [0.5, 0.6) is 0 Å². The van der Waals surface area contributed by atoms with Gasteiger partial charge in [0.05, 0.1) is 29.8 Å². The molecule has 0 aliphatic rings. The zero-order valence-corrected chi connectivity index (χ0v) is 8.70. The van der Waals surface area contributed by atoms with Gasteiger partial charge in [0.15, 0.2) is 11.7 Å². The van der Waals surface area contributed by atoms with Crippen molar-refractivity contribution in [3.63, 3.8) is 0 Å². The zero-order chi connectivity index (χ0) is 11.5. The van der Waals surface area contributed by atoms with Gasteiger partial charge in [-0.15, -0.1) is 0 Å². The Kier molecular flexibility index (Phi) is 2.69. The molecule has 0 aliphatic heterocycles. The molecule has 0 unspecified atom stereocenters. The van der Waals surface area contributed by atoms with E-state index in [1.54, 1.807) is 6.20 Å². The average Bonchev–Trinajstić information content (AvgIpc) is 2.75. The number of amidine groups is 1. The molecule has 2 aromatic heterocycles. The first kappa shape index (κ1) is 10.4. The Labute approximate surface area is 95.2 Å². The maximum absolute atomic E-state index is 8.44. The van der Waals surface area contributed by atoms with E-state index in [1.807, 2.05) is 0 Å². The largest absolute Gasteiger partial charge is 0.409 e. The van der Waals surface area contributed by atoms with E-state index in [0.29, 0.717) is 10.8 Å². The zero-order valence-electron chi connectivity index (χ0n) is 7.95. The summed E-state index contributed by atoms with van der Waals surface area (Å²) in [5.74, 6) is 0.388. The Bertz CT molecular complexity index is 520. The molecule has 2 rings (SSSR count). The lowest BCUT2D eigenvalue weighted by atomic mass is 10.4. The molecule has 0 saturated carbocycles. The molecule has 0 atom stereocenters. The summed E-state index contributed by atoms with van der Waals surface area (Å²) in [5, 5.41) is 15.7. The highest BCUT2D eigenvalue weighted by Gasteiger charge is 2.04. The van der Waals surface area contributed by atoms with Crippen LogP contribution in [0.2, 0.25) is 5.02 Å². The molecule has 2 heterocycles. The quantitative estimate of drug-likeness (QED) is 0.341. The van der Waals surface area contributed by atoms with Crippen molar-refractivity contribution in [2.24, 2.45) is 10.9 Å². The number of nitrogens with two attached hydrogens (primary N) is 1. The van der Waals surface area contributed by atoms with E-state index in [9.17, 15) is 0 Å². The number of oxime groups is 1. The number of hydrogen-bond acceptors (Lipinski definition) is 5. The Morgan fingerprint density at radius 1 is 1.38 bits per heavy atom. The molecule has 0 fully saturated rings. The summed E-state index contributed by atoms with van der Waals surface area (Å²) >= 11 is 5.71. The second kappa shape index (κ2) is 4.15. The molecular weight excluding hydrogens is 232 g/mol. The Morgan fingerprint density at radius 3 is 2.69 bits per heavy atom. The standard InChI is InChI=1S/C8H7ClN6O/c9-5-1-13-15(4-5)7-3-11-6(2-12-7)8(10)14-16/h1-4,16H,(H2,10,14). The van der Waals surface area contributed by atoms with Gasteiger partial charge in [-0.25, -0.2) is 14.6 Å². The molecule has 0 saturated heterocycles. The van der Waals surface area contributed by atoms with Crippen LogP contribution in [0.1, 0.15) is 5.69 Å². The minimum Gasteiger partial charge on any atom is -0.409 e. The third-order valence-electron chi connectivity index (χ3n) is 1.79. The van der Waals surface area contributed by atoms with Crippen molar-refractivity contribution < 1.29 is 5.21 Å². The summed E-state index contributed by atoms with van der Waals surface area (Å²) in [7, 11) is 0. The Balaban J connectivity index is 2.33. The van der Waals surface area contributed by atoms with Crippen molar-refractivity contribution in [1.82, 2.24) is 19.7 Å². The van der Waals surface area contributed by atoms with Gasteiger partial charge in [-0.3, -0.25) is 0 Å². The van der Waals surface area contributed by atoms with Crippen LogP contribution >= 0.6 is 11.6 Å². The molecule has 82 valence electrons. The first-order valence-corrected chi connectivity index (χ1v) is 4.59. The summed E-state index contributed by atoms with van der Waals surface area (Å²) < 4.78 is 1.46. The van der Waals surface area contributed by atoms with E-state index in [0.717, 1.165) is 0 Å². The number of aromatic nitrogens is 4. The first-order valence-electron chi connectivity index (χ1n) is 4.21. The monoisotopic (exact) mass is 238 g/mol. The van der Waals surface area contributed by atoms with Crippen molar-refractivity contribution in [3.05, 3.63) is 35.5 Å². The second-order valence-corrected chi connectivity index (χ2v) is 3.28. The minimum absolute atomic E-state index is 0.0995. The fourth-order valence-corrected chi connectivity index (χ4v) is 1.19. The molecule has 0 bridgehead atoms. The van der Waals surface area contributed by atoms with Gasteiger partial charge in [0.25, 0.3) is 0 Å². The predicted octanol–water partition coefficient (Wildman–Crippen LogP) is 0.410. The normalized spacial score (nSPS) is 11.7. The number of nitrogens with zero attached hydrogens (tertiary/aromatic N) is 5. The first-order chi connectivity index (χ1) is 7.70. The third kappa shape index (κ3) is 1.94. The molecule has 0 spiro atoms. The highest BCUT2D eigenvalue weighted by atomic mass is 35.5. The summed E-state index contributed by atoms with van der Waals surface area (Å²) in [4.78, 5) is 7.99. The molecule has 0 aliphatic carbocycles. The van der Waals surface area contributed by atoms with E-state index in [1.165, 1.54) is 23.3 Å². The molecule has 8 heteroatoms. The van der Waals surface area contributed by atoms with Crippen LogP contribution in [-0.4, -0.2) is 30.8 Å². The summed E-state index contributed by atoms with van der Waals surface area (Å²) in [6.45, 7) is 0. The van der Waals surface area contributed by atoms with Crippen molar-refractivity contribution in [3.8, 4) is 5.82 Å². The van der Waals surface area contributed by atoms with Crippen molar-refractivity contribution in [2.45, 2.75) is 0 Å². The van der Waals surface area contributed by atoms with Crippen LogP contribution < -0.4 is 5.73 Å². The maximum Gasteiger partial charge on any atom is 0.190 e. The SMILES string of the molecule is NC(=NO)c1cnc(-n2cc(Cl)cn2)cn1. The van der Waals surface area contributed by atoms with Gasteiger partial charge in [0.1, 0.15) is 5.69 Å². The molecule has 3 N–H and O–H groups in total. The van der Waals surface area contributed by atoms with E-state index in [-0.39, 0.29) is 11.5 Å². The number of halogens is 1. The minimum atomic E-state index is -0.0995. The van der Waals surface area contributed by atoms with Crippen LogP contribution in [-0.2, 0) is 0 Å². The fraction of sp³-hybridized carbons (Fsp3) is 0. The molecular formula is C8H7ClN6O. The average molecular weight is 239 g/mol. The lowest BCUT2D eigenvalue weighted by Crippen LogP contribution is -2.15. The number of hydrogen-bond donors (Lipinski definition) is 2. The fourth-order valence-electron chi connectivity index (χ4n) is 1.05. The summed E-state index contributed by atoms with van der Waals surface area (Å²) in [6, 6.07) is 0. The van der Waals surface area contributed by atoms with Gasteiger partial charge in [0, 0.05) is 0 Å². The highest BCUT2D eigenvalue weighted by molar-refractivity contribution is 6.30. The van der Waals surface area contributed by atoms with E-state index in [2.05, 4.69) is 20.2 Å². The van der Waals surface area contributed by atoms with Crippen molar-refractivity contribution in [2.75, 3.05) is 0 Å². The molecule has 2 aromatic rings. The smallest absolute Gasteiger partial charge is 0.190 e. The maximum atomic E-state index is 8.44. The van der Waals surface area contributed by atoms with Gasteiger partial charge in [-0.2, -0.15) is 5.10 Å². The Morgan fingerprint density at radius 2 is 2.19 bits per heavy atom. The Hall–Kier alpha value is -2.15. The van der Waals surface area contributed by atoms with Crippen LogP contribution in [0.25, 0.3) is 5.82 Å². The van der Waals surface area contributed by atoms with E-state index >= 15 is 0 Å². The highest BCUT2D eigenvalue weighted by Crippen LogP contribution is 2.08. The molecule has 7 nitrogen and oxygen atoms in total. The summed E-state index contributed by atoms with van der Waals surface area (Å²) in [5.41, 5.74) is 5.62. The number of rotatable bonds is 2. The second-order valence-electron chi connectivity index (χ2n) is 2.85. The van der Waals surface area contributed by atoms with Crippen LogP contribution in [0.4, 0.5) is 0 Å². The van der Waals surface area contributed by atoms with Crippen LogP contribution in [0.3, 0.4) is 0 Å². The lowest BCUT2D eigenvalue weighted by molar-refractivity contribution is 0.318. The van der Waals surface area contributed by atoms with E-state index < -0.39 is 0 Å². The van der Waals surface area contributed by atoms with Crippen LogP contribution in [0, 0.1) is 0 Å². The summed E-state index contributed by atoms with van der Waals surface area (Å²) in [6.07, 6.45) is 5.89. The van der Waals surface area contributed by atoms with Gasteiger partial charge in [-0.1, -0.05) is 16.8 Å². The van der Waals surface area contributed by atoms with Gasteiger partial charge < -0.3 is 10.9 Å². The van der Waals surface area contributed by atoms with Gasteiger partial charge in [0.2, 0.25) is 0 Å². The predicted molar refractivity (Wildman–Crippen MR) is 56.7 cm³/mol.